The van der Waals surface area contributed by atoms with Crippen LogP contribution in [-0.4, -0.2) is 15.8 Å². The van der Waals surface area contributed by atoms with Gasteiger partial charge in [-0.05, 0) is 44.0 Å². The first-order chi connectivity index (χ1) is 9.99. The van der Waals surface area contributed by atoms with Gasteiger partial charge in [0.05, 0.1) is 5.69 Å². The van der Waals surface area contributed by atoms with Gasteiger partial charge in [-0.3, -0.25) is 16.0 Å². The Hall–Kier alpha value is -1.79. The Balaban J connectivity index is 2.03. The van der Waals surface area contributed by atoms with Crippen LogP contribution in [0.3, 0.4) is 0 Å². The summed E-state index contributed by atoms with van der Waals surface area (Å²) in [6, 6.07) is 6.04. The van der Waals surface area contributed by atoms with Gasteiger partial charge in [0.25, 0.3) is 0 Å². The molecule has 21 heavy (non-hydrogen) atoms. The van der Waals surface area contributed by atoms with Crippen LogP contribution in [0.25, 0.3) is 0 Å². The summed E-state index contributed by atoms with van der Waals surface area (Å²) in [6.07, 6.45) is 3.04. The van der Waals surface area contributed by atoms with Crippen molar-refractivity contribution in [3.05, 3.63) is 53.4 Å². The van der Waals surface area contributed by atoms with Crippen LogP contribution in [-0.2, 0) is 12.8 Å². The third-order valence-corrected chi connectivity index (χ3v) is 3.35. The van der Waals surface area contributed by atoms with Gasteiger partial charge in [0.15, 0.2) is 11.6 Å². The normalized spacial score (nSPS) is 12.9. The predicted molar refractivity (Wildman–Crippen MR) is 77.5 cm³/mol. The number of hydrogen-bond donors (Lipinski definition) is 2. The Morgan fingerprint density at radius 1 is 1.19 bits per heavy atom. The van der Waals surface area contributed by atoms with Gasteiger partial charge in [0.1, 0.15) is 0 Å². The van der Waals surface area contributed by atoms with Gasteiger partial charge in [-0.15, -0.1) is 0 Å². The lowest BCUT2D eigenvalue weighted by molar-refractivity contribution is 0.488. The fraction of sp³-hybridized carbons (Fsp3) is 0.400. The predicted octanol–water partition coefficient (Wildman–Crippen LogP) is 2.36. The highest BCUT2D eigenvalue weighted by molar-refractivity contribution is 5.19. The van der Waals surface area contributed by atoms with Crippen molar-refractivity contribution in [2.24, 2.45) is 5.84 Å². The van der Waals surface area contributed by atoms with Gasteiger partial charge in [-0.25, -0.2) is 8.78 Å². The van der Waals surface area contributed by atoms with Crippen LogP contribution >= 0.6 is 0 Å². The fourth-order valence-corrected chi connectivity index (χ4v) is 2.17. The van der Waals surface area contributed by atoms with E-state index in [1.165, 1.54) is 6.07 Å². The number of nitrogens with one attached hydrogen (secondary N) is 1. The van der Waals surface area contributed by atoms with E-state index in [9.17, 15) is 8.78 Å². The summed E-state index contributed by atoms with van der Waals surface area (Å²) in [7, 11) is 0. The maximum Gasteiger partial charge on any atom is 0.159 e. The molecule has 0 saturated carbocycles. The lowest BCUT2D eigenvalue weighted by Gasteiger charge is -2.15. The lowest BCUT2D eigenvalue weighted by atomic mass is 10.0. The van der Waals surface area contributed by atoms with Crippen LogP contribution in [0.4, 0.5) is 8.78 Å². The second-order valence-corrected chi connectivity index (χ2v) is 5.40. The molecule has 1 aromatic heterocycles. The van der Waals surface area contributed by atoms with Crippen molar-refractivity contribution < 1.29 is 8.78 Å². The van der Waals surface area contributed by atoms with E-state index >= 15 is 0 Å². The number of hydrazine groups is 1. The summed E-state index contributed by atoms with van der Waals surface area (Å²) in [5.74, 6) is 3.87. The van der Waals surface area contributed by atoms with Gasteiger partial charge in [-0.2, -0.15) is 5.10 Å². The molecule has 114 valence electrons. The topological polar surface area (TPSA) is 55.9 Å². The van der Waals surface area contributed by atoms with Gasteiger partial charge >= 0.3 is 0 Å². The van der Waals surface area contributed by atoms with Crippen molar-refractivity contribution >= 4 is 0 Å². The van der Waals surface area contributed by atoms with Crippen molar-refractivity contribution in [3.8, 4) is 0 Å². The molecule has 1 heterocycles. The molecule has 2 rings (SSSR count). The lowest BCUT2D eigenvalue weighted by Crippen LogP contribution is -2.38. The van der Waals surface area contributed by atoms with Crippen LogP contribution in [0, 0.1) is 11.6 Å². The molecular weight excluding hydrogens is 274 g/mol. The first-order valence-corrected chi connectivity index (χ1v) is 6.93. The maximum absolute atomic E-state index is 13.2. The zero-order chi connectivity index (χ0) is 15.4. The standard InChI is InChI=1S/C15H20F2N4/c1-10(2)21-6-5-12(20-21)9-13(19-18)7-11-3-4-14(16)15(17)8-11/h3-6,8,10,13,19H,7,9,18H2,1-2H3. The molecule has 1 aromatic carbocycles. The number of benzene rings is 1. The van der Waals surface area contributed by atoms with Crippen molar-refractivity contribution in [2.45, 2.75) is 38.8 Å². The van der Waals surface area contributed by atoms with E-state index < -0.39 is 11.6 Å². The number of nitrogens with two attached hydrogens (primary N) is 1. The quantitative estimate of drug-likeness (QED) is 0.635. The molecule has 0 aliphatic heterocycles. The molecule has 0 saturated heterocycles. The summed E-state index contributed by atoms with van der Waals surface area (Å²) in [5, 5.41) is 4.46. The molecule has 0 spiro atoms. The van der Waals surface area contributed by atoms with Crippen LogP contribution in [0.1, 0.15) is 31.1 Å². The van der Waals surface area contributed by atoms with E-state index in [0.29, 0.717) is 24.4 Å². The van der Waals surface area contributed by atoms with Crippen molar-refractivity contribution in [1.82, 2.24) is 15.2 Å². The number of hydrogen-bond acceptors (Lipinski definition) is 3. The Morgan fingerprint density at radius 2 is 1.95 bits per heavy atom. The van der Waals surface area contributed by atoms with E-state index in [0.717, 1.165) is 11.8 Å². The molecule has 3 N–H and O–H groups in total. The minimum atomic E-state index is -0.841. The maximum atomic E-state index is 13.2. The molecule has 0 fully saturated rings. The summed E-state index contributed by atoms with van der Waals surface area (Å²) in [6.45, 7) is 4.10. The highest BCUT2D eigenvalue weighted by atomic mass is 19.2. The van der Waals surface area contributed by atoms with E-state index in [1.807, 2.05) is 16.9 Å². The largest absolute Gasteiger partial charge is 0.271 e. The Labute approximate surface area is 122 Å². The molecule has 0 aliphatic carbocycles. The SMILES string of the molecule is CC(C)n1ccc(CC(Cc2ccc(F)c(F)c2)NN)n1. The van der Waals surface area contributed by atoms with Gasteiger partial charge in [0.2, 0.25) is 0 Å². The molecule has 6 heteroatoms. The van der Waals surface area contributed by atoms with Crippen molar-refractivity contribution in [2.75, 3.05) is 0 Å². The molecule has 0 radical (unpaired) electrons. The third kappa shape index (κ3) is 4.09. The zero-order valence-electron chi connectivity index (χ0n) is 12.2. The van der Waals surface area contributed by atoms with Gasteiger partial charge in [0, 0.05) is 24.7 Å². The fourth-order valence-electron chi connectivity index (χ4n) is 2.17. The van der Waals surface area contributed by atoms with Gasteiger partial charge in [-0.1, -0.05) is 6.07 Å². The average molecular weight is 294 g/mol. The first kappa shape index (κ1) is 15.6. The van der Waals surface area contributed by atoms with Crippen LogP contribution in [0.5, 0.6) is 0 Å². The minimum absolute atomic E-state index is 0.0922. The highest BCUT2D eigenvalue weighted by Gasteiger charge is 2.13. The number of aromatic nitrogens is 2. The van der Waals surface area contributed by atoms with Crippen LogP contribution < -0.4 is 11.3 Å². The molecule has 0 aliphatic rings. The van der Waals surface area contributed by atoms with Crippen LogP contribution in [0.15, 0.2) is 30.5 Å². The van der Waals surface area contributed by atoms with E-state index in [4.69, 9.17) is 5.84 Å². The minimum Gasteiger partial charge on any atom is -0.271 e. The van der Waals surface area contributed by atoms with E-state index in [2.05, 4.69) is 24.4 Å². The number of rotatable bonds is 6. The molecule has 0 amide bonds. The first-order valence-electron chi connectivity index (χ1n) is 6.93. The van der Waals surface area contributed by atoms with E-state index in [-0.39, 0.29) is 6.04 Å². The Morgan fingerprint density at radius 3 is 2.52 bits per heavy atom. The smallest absolute Gasteiger partial charge is 0.159 e. The van der Waals surface area contributed by atoms with Crippen LogP contribution in [0.2, 0.25) is 0 Å². The molecule has 0 bridgehead atoms. The average Bonchev–Trinajstić information content (AvgIpc) is 2.91. The molecule has 1 atom stereocenters. The van der Waals surface area contributed by atoms with E-state index in [1.54, 1.807) is 6.07 Å². The third-order valence-electron chi connectivity index (χ3n) is 3.35. The Bertz CT molecular complexity index is 595. The summed E-state index contributed by atoms with van der Waals surface area (Å²) < 4.78 is 28.0. The second kappa shape index (κ2) is 6.78. The molecule has 2 aromatic rings. The molecule has 1 unspecified atom stereocenters. The van der Waals surface area contributed by atoms with Gasteiger partial charge < -0.3 is 0 Å². The summed E-state index contributed by atoms with van der Waals surface area (Å²) in [5.41, 5.74) is 4.31. The summed E-state index contributed by atoms with van der Waals surface area (Å²) in [4.78, 5) is 0. The Kier molecular flexibility index (Phi) is 5.03. The summed E-state index contributed by atoms with van der Waals surface area (Å²) >= 11 is 0. The number of nitrogens with zero attached hydrogens (tertiary/aromatic N) is 2. The zero-order valence-corrected chi connectivity index (χ0v) is 12.2. The monoisotopic (exact) mass is 294 g/mol. The second-order valence-electron chi connectivity index (χ2n) is 5.40. The van der Waals surface area contributed by atoms with Crippen molar-refractivity contribution in [1.29, 1.82) is 0 Å². The number of halogens is 2. The highest BCUT2D eigenvalue weighted by Crippen LogP contribution is 2.13. The molecular formula is C15H20F2N4. The van der Waals surface area contributed by atoms with Crippen molar-refractivity contribution in [3.63, 3.8) is 0 Å². The molecule has 4 nitrogen and oxygen atoms in total.